The van der Waals surface area contributed by atoms with E-state index in [-0.39, 0.29) is 5.91 Å². The van der Waals surface area contributed by atoms with Gasteiger partial charge in [-0.3, -0.25) is 9.79 Å². The minimum absolute atomic E-state index is 0.160. The topological polar surface area (TPSA) is 78.4 Å². The molecule has 2 aromatic rings. The molecule has 0 aliphatic heterocycles. The first kappa shape index (κ1) is 21.7. The summed E-state index contributed by atoms with van der Waals surface area (Å²) in [5.41, 5.74) is 2.47. The number of aromatic nitrogens is 1. The maximum Gasteiger partial charge on any atom is 0.416 e. The first-order chi connectivity index (χ1) is 13.3. The highest BCUT2D eigenvalue weighted by atomic mass is 32.1. The smallest absolute Gasteiger partial charge is 0.356 e. The summed E-state index contributed by atoms with van der Waals surface area (Å²) in [5, 5.41) is 8.95. The number of guanidine groups is 1. The van der Waals surface area contributed by atoms with Crippen molar-refractivity contribution >= 4 is 23.2 Å². The molecule has 0 atom stereocenters. The van der Waals surface area contributed by atoms with Gasteiger partial charge in [0.15, 0.2) is 5.96 Å². The number of amides is 1. The number of thiazole rings is 1. The number of nitrogens with one attached hydrogen (secondary N) is 3. The number of carbonyl (C=O) groups excluding carboxylic acids is 1. The molecule has 0 unspecified atom stereocenters. The Morgan fingerprint density at radius 3 is 2.32 bits per heavy atom. The van der Waals surface area contributed by atoms with Gasteiger partial charge in [0.05, 0.1) is 16.8 Å². The van der Waals surface area contributed by atoms with Crippen molar-refractivity contribution in [3.05, 3.63) is 51.5 Å². The largest absolute Gasteiger partial charge is 0.416 e. The molecule has 0 spiro atoms. The van der Waals surface area contributed by atoms with Crippen molar-refractivity contribution in [2.24, 2.45) is 4.99 Å². The molecule has 0 saturated carbocycles. The second-order valence-corrected chi connectivity index (χ2v) is 6.75. The van der Waals surface area contributed by atoms with Gasteiger partial charge >= 0.3 is 6.18 Å². The molecule has 0 radical (unpaired) electrons. The summed E-state index contributed by atoms with van der Waals surface area (Å²) >= 11 is 1.30. The van der Waals surface area contributed by atoms with Crippen LogP contribution in [0.1, 0.15) is 26.5 Å². The fourth-order valence-electron chi connectivity index (χ4n) is 2.36. The molecule has 1 aromatic heterocycles. The van der Waals surface area contributed by atoms with Gasteiger partial charge in [0.25, 0.3) is 5.91 Å². The normalized spacial score (nSPS) is 12.0. The summed E-state index contributed by atoms with van der Waals surface area (Å²) in [5.74, 6) is 0.391. The van der Waals surface area contributed by atoms with E-state index in [1.165, 1.54) is 23.5 Å². The lowest BCUT2D eigenvalue weighted by atomic mass is 10.1. The molecule has 6 nitrogen and oxygen atoms in total. The number of aliphatic imine (C=N–C) groups is 1. The van der Waals surface area contributed by atoms with Crippen molar-refractivity contribution in [2.75, 3.05) is 26.7 Å². The second-order valence-electron chi connectivity index (χ2n) is 5.89. The molecular formula is C18H22F3N5OS. The molecule has 0 saturated heterocycles. The van der Waals surface area contributed by atoms with Gasteiger partial charge in [-0.25, -0.2) is 4.98 Å². The Bertz CT molecular complexity index is 802. The van der Waals surface area contributed by atoms with Crippen LogP contribution < -0.4 is 16.0 Å². The number of benzene rings is 1. The Morgan fingerprint density at radius 1 is 1.11 bits per heavy atom. The van der Waals surface area contributed by atoms with Crippen LogP contribution in [-0.4, -0.2) is 43.5 Å². The lowest BCUT2D eigenvalue weighted by Crippen LogP contribution is -2.42. The third-order valence-electron chi connectivity index (χ3n) is 3.87. The fourth-order valence-corrected chi connectivity index (χ4v) is 3.08. The van der Waals surface area contributed by atoms with E-state index in [0.29, 0.717) is 42.6 Å². The monoisotopic (exact) mass is 413 g/mol. The van der Waals surface area contributed by atoms with Crippen molar-refractivity contribution in [3.63, 3.8) is 0 Å². The Hall–Kier alpha value is -2.62. The van der Waals surface area contributed by atoms with E-state index in [4.69, 9.17) is 0 Å². The molecule has 1 heterocycles. The number of aryl methyl sites for hydroxylation is 1. The summed E-state index contributed by atoms with van der Waals surface area (Å²) < 4.78 is 37.7. The summed E-state index contributed by atoms with van der Waals surface area (Å²) in [6, 6.07) is 5.10. The number of hydrogen-bond acceptors (Lipinski definition) is 4. The summed E-state index contributed by atoms with van der Waals surface area (Å²) in [7, 11) is 1.62. The van der Waals surface area contributed by atoms with Crippen LogP contribution in [0.2, 0.25) is 0 Å². The van der Waals surface area contributed by atoms with Crippen LogP contribution >= 0.6 is 11.3 Å². The molecule has 2 rings (SSSR count). The molecular weight excluding hydrogens is 391 g/mol. The van der Waals surface area contributed by atoms with Crippen LogP contribution in [0.5, 0.6) is 0 Å². The first-order valence-electron chi connectivity index (χ1n) is 8.60. The highest BCUT2D eigenvalue weighted by Crippen LogP contribution is 2.29. The van der Waals surface area contributed by atoms with Crippen molar-refractivity contribution in [1.82, 2.24) is 20.9 Å². The minimum Gasteiger partial charge on any atom is -0.356 e. The Labute approximate surface area is 165 Å². The second kappa shape index (κ2) is 10.1. The van der Waals surface area contributed by atoms with Gasteiger partial charge in [-0.15, -0.1) is 11.3 Å². The molecule has 0 fully saturated rings. The van der Waals surface area contributed by atoms with Gasteiger partial charge in [-0.1, -0.05) is 12.1 Å². The molecule has 152 valence electrons. The molecule has 0 aliphatic carbocycles. The van der Waals surface area contributed by atoms with E-state index in [1.807, 2.05) is 0 Å². The van der Waals surface area contributed by atoms with E-state index < -0.39 is 11.7 Å². The van der Waals surface area contributed by atoms with Crippen LogP contribution in [-0.2, 0) is 12.6 Å². The van der Waals surface area contributed by atoms with E-state index in [2.05, 4.69) is 25.9 Å². The highest BCUT2D eigenvalue weighted by Gasteiger charge is 2.29. The lowest BCUT2D eigenvalue weighted by Gasteiger charge is -2.12. The van der Waals surface area contributed by atoms with Crippen LogP contribution in [0.3, 0.4) is 0 Å². The SMILES string of the molecule is CN=C(NCCNC(=O)c1scnc1C)NCCc1ccc(C(F)(F)F)cc1. The Morgan fingerprint density at radius 2 is 1.75 bits per heavy atom. The van der Waals surface area contributed by atoms with Gasteiger partial charge in [-0.2, -0.15) is 13.2 Å². The Balaban J connectivity index is 1.67. The Kier molecular flexibility index (Phi) is 7.80. The van der Waals surface area contributed by atoms with E-state index in [0.717, 1.165) is 17.7 Å². The van der Waals surface area contributed by atoms with Crippen LogP contribution in [0.25, 0.3) is 0 Å². The van der Waals surface area contributed by atoms with E-state index >= 15 is 0 Å². The number of alkyl halides is 3. The molecule has 10 heteroatoms. The van der Waals surface area contributed by atoms with Gasteiger partial charge in [-0.05, 0) is 31.0 Å². The maximum absolute atomic E-state index is 12.6. The van der Waals surface area contributed by atoms with Gasteiger partial charge in [0, 0.05) is 26.7 Å². The zero-order chi connectivity index (χ0) is 20.6. The van der Waals surface area contributed by atoms with Crippen LogP contribution in [0, 0.1) is 6.92 Å². The number of nitrogens with zero attached hydrogens (tertiary/aromatic N) is 2. The zero-order valence-electron chi connectivity index (χ0n) is 15.6. The quantitative estimate of drug-likeness (QED) is 0.370. The molecule has 3 N–H and O–H groups in total. The first-order valence-corrected chi connectivity index (χ1v) is 9.48. The predicted octanol–water partition coefficient (Wildman–Crippen LogP) is 2.61. The third-order valence-corrected chi connectivity index (χ3v) is 4.79. The van der Waals surface area contributed by atoms with Crippen molar-refractivity contribution in [3.8, 4) is 0 Å². The van der Waals surface area contributed by atoms with Gasteiger partial charge < -0.3 is 16.0 Å². The summed E-state index contributed by atoms with van der Waals surface area (Å²) in [4.78, 5) is 20.7. The van der Waals surface area contributed by atoms with E-state index in [1.54, 1.807) is 19.5 Å². The van der Waals surface area contributed by atoms with Gasteiger partial charge in [0.1, 0.15) is 4.88 Å². The van der Waals surface area contributed by atoms with Crippen molar-refractivity contribution < 1.29 is 18.0 Å². The number of rotatable bonds is 7. The molecule has 28 heavy (non-hydrogen) atoms. The van der Waals surface area contributed by atoms with Gasteiger partial charge in [0.2, 0.25) is 0 Å². The van der Waals surface area contributed by atoms with Crippen LogP contribution in [0.4, 0.5) is 13.2 Å². The number of halogens is 3. The van der Waals surface area contributed by atoms with E-state index in [9.17, 15) is 18.0 Å². The molecule has 1 amide bonds. The molecule has 1 aromatic carbocycles. The average Bonchev–Trinajstić information content (AvgIpc) is 3.09. The number of hydrogen-bond donors (Lipinski definition) is 3. The fraction of sp³-hybridized carbons (Fsp3) is 0.389. The lowest BCUT2D eigenvalue weighted by molar-refractivity contribution is -0.137. The van der Waals surface area contributed by atoms with Crippen LogP contribution in [0.15, 0.2) is 34.8 Å². The average molecular weight is 413 g/mol. The summed E-state index contributed by atoms with van der Waals surface area (Å²) in [6.07, 6.45) is -3.77. The molecule has 0 bridgehead atoms. The van der Waals surface area contributed by atoms with Crippen molar-refractivity contribution in [1.29, 1.82) is 0 Å². The standard InChI is InChI=1S/C18H22F3N5OS/c1-12-15(28-11-26-12)16(27)23-9-10-25-17(22-2)24-8-7-13-3-5-14(6-4-13)18(19,20)21/h3-6,11H,7-10H2,1-2H3,(H,23,27)(H2,22,24,25). The predicted molar refractivity (Wildman–Crippen MR) is 104 cm³/mol. The minimum atomic E-state index is -4.32. The summed E-state index contributed by atoms with van der Waals surface area (Å²) in [6.45, 7) is 3.18. The zero-order valence-corrected chi connectivity index (χ0v) is 16.4. The third kappa shape index (κ3) is 6.52. The van der Waals surface area contributed by atoms with Crippen molar-refractivity contribution in [2.45, 2.75) is 19.5 Å². The highest BCUT2D eigenvalue weighted by molar-refractivity contribution is 7.11. The molecule has 0 aliphatic rings. The maximum atomic E-state index is 12.6. The number of carbonyl (C=O) groups is 1.